The van der Waals surface area contributed by atoms with Crippen LogP contribution in [0.2, 0.25) is 5.02 Å². The first kappa shape index (κ1) is 11.3. The lowest BCUT2D eigenvalue weighted by atomic mass is 10.3. The first-order valence-electron chi connectivity index (χ1n) is 4.42. The quantitative estimate of drug-likeness (QED) is 0.766. The minimum atomic E-state index is -0.322. The minimum Gasteiger partial charge on any atom is -0.385 e. The van der Waals surface area contributed by atoms with Crippen LogP contribution in [0.25, 0.3) is 0 Å². The topological polar surface area (TPSA) is 21.3 Å². The molecule has 0 spiro atoms. The van der Waals surface area contributed by atoms with Gasteiger partial charge in [-0.05, 0) is 24.6 Å². The van der Waals surface area contributed by atoms with Crippen LogP contribution >= 0.6 is 11.6 Å². The Hall–Kier alpha value is -0.800. The number of halogens is 2. The van der Waals surface area contributed by atoms with E-state index < -0.39 is 0 Å². The van der Waals surface area contributed by atoms with Crippen LogP contribution in [0.4, 0.5) is 10.1 Å². The normalized spacial score (nSPS) is 10.2. The monoisotopic (exact) mass is 217 g/mol. The maximum Gasteiger partial charge on any atom is 0.124 e. The molecule has 0 saturated carbocycles. The number of rotatable bonds is 5. The number of hydrogen-bond acceptors (Lipinski definition) is 2. The van der Waals surface area contributed by atoms with Crippen molar-refractivity contribution in [1.29, 1.82) is 0 Å². The lowest BCUT2D eigenvalue weighted by Gasteiger charge is -2.07. The SMILES string of the molecule is COCCCNc1ccc(F)cc1Cl. The summed E-state index contributed by atoms with van der Waals surface area (Å²) in [5.41, 5.74) is 0.754. The summed E-state index contributed by atoms with van der Waals surface area (Å²) < 4.78 is 17.6. The molecule has 0 saturated heterocycles. The number of hydrogen-bond donors (Lipinski definition) is 1. The van der Waals surface area contributed by atoms with Gasteiger partial charge >= 0.3 is 0 Å². The molecule has 0 aromatic heterocycles. The molecule has 4 heteroatoms. The van der Waals surface area contributed by atoms with Crippen molar-refractivity contribution in [1.82, 2.24) is 0 Å². The van der Waals surface area contributed by atoms with Gasteiger partial charge in [-0.2, -0.15) is 0 Å². The average molecular weight is 218 g/mol. The van der Waals surface area contributed by atoms with Crippen LogP contribution < -0.4 is 5.32 Å². The first-order chi connectivity index (χ1) is 6.74. The Kier molecular flexibility index (Phi) is 4.70. The summed E-state index contributed by atoms with van der Waals surface area (Å²) >= 11 is 5.81. The Labute approximate surface area is 88.0 Å². The Bertz CT molecular complexity index is 293. The summed E-state index contributed by atoms with van der Waals surface area (Å²) in [5.74, 6) is -0.322. The van der Waals surface area contributed by atoms with Crippen molar-refractivity contribution in [3.63, 3.8) is 0 Å². The van der Waals surface area contributed by atoms with Crippen molar-refractivity contribution < 1.29 is 9.13 Å². The fourth-order valence-electron chi connectivity index (χ4n) is 1.07. The highest BCUT2D eigenvalue weighted by Crippen LogP contribution is 2.21. The number of benzene rings is 1. The van der Waals surface area contributed by atoms with Gasteiger partial charge in [0.25, 0.3) is 0 Å². The predicted molar refractivity (Wildman–Crippen MR) is 56.4 cm³/mol. The van der Waals surface area contributed by atoms with E-state index >= 15 is 0 Å². The lowest BCUT2D eigenvalue weighted by Crippen LogP contribution is -2.04. The van der Waals surface area contributed by atoms with Gasteiger partial charge in [0, 0.05) is 20.3 Å². The summed E-state index contributed by atoms with van der Waals surface area (Å²) in [4.78, 5) is 0. The summed E-state index contributed by atoms with van der Waals surface area (Å²) in [7, 11) is 1.66. The van der Waals surface area contributed by atoms with Crippen LogP contribution in [-0.4, -0.2) is 20.3 Å². The summed E-state index contributed by atoms with van der Waals surface area (Å²) in [6, 6.07) is 4.30. The number of anilines is 1. The minimum absolute atomic E-state index is 0.322. The van der Waals surface area contributed by atoms with Crippen molar-refractivity contribution in [2.45, 2.75) is 6.42 Å². The van der Waals surface area contributed by atoms with E-state index in [1.54, 1.807) is 13.2 Å². The fraction of sp³-hybridized carbons (Fsp3) is 0.400. The van der Waals surface area contributed by atoms with E-state index in [-0.39, 0.29) is 5.82 Å². The Morgan fingerprint density at radius 3 is 2.93 bits per heavy atom. The second-order valence-electron chi connectivity index (χ2n) is 2.90. The van der Waals surface area contributed by atoms with E-state index in [2.05, 4.69) is 5.32 Å². The van der Waals surface area contributed by atoms with E-state index in [0.29, 0.717) is 11.6 Å². The van der Waals surface area contributed by atoms with Crippen LogP contribution in [0.15, 0.2) is 18.2 Å². The molecule has 0 amide bonds. The van der Waals surface area contributed by atoms with Gasteiger partial charge < -0.3 is 10.1 Å². The lowest BCUT2D eigenvalue weighted by molar-refractivity contribution is 0.198. The molecule has 2 nitrogen and oxygen atoms in total. The molecule has 14 heavy (non-hydrogen) atoms. The third-order valence-corrected chi connectivity index (χ3v) is 2.08. The van der Waals surface area contributed by atoms with Crippen LogP contribution in [-0.2, 0) is 4.74 Å². The van der Waals surface area contributed by atoms with Crippen molar-refractivity contribution in [3.8, 4) is 0 Å². The molecular weight excluding hydrogens is 205 g/mol. The maximum absolute atomic E-state index is 12.7. The number of methoxy groups -OCH3 is 1. The van der Waals surface area contributed by atoms with E-state index in [4.69, 9.17) is 16.3 Å². The molecule has 0 fully saturated rings. The predicted octanol–water partition coefficient (Wildman–Crippen LogP) is 2.93. The van der Waals surface area contributed by atoms with Crippen LogP contribution in [0.5, 0.6) is 0 Å². The number of nitrogens with one attached hydrogen (secondary N) is 1. The highest BCUT2D eigenvalue weighted by molar-refractivity contribution is 6.33. The zero-order valence-corrected chi connectivity index (χ0v) is 8.77. The van der Waals surface area contributed by atoms with E-state index in [1.165, 1.54) is 12.1 Å². The van der Waals surface area contributed by atoms with Crippen molar-refractivity contribution >= 4 is 17.3 Å². The number of ether oxygens (including phenoxy) is 1. The molecule has 1 N–H and O–H groups in total. The molecule has 0 aliphatic carbocycles. The molecule has 0 aliphatic rings. The largest absolute Gasteiger partial charge is 0.385 e. The van der Waals surface area contributed by atoms with Gasteiger partial charge in [-0.3, -0.25) is 0 Å². The van der Waals surface area contributed by atoms with Gasteiger partial charge in [-0.1, -0.05) is 11.6 Å². The third-order valence-electron chi connectivity index (χ3n) is 1.77. The molecule has 0 heterocycles. The van der Waals surface area contributed by atoms with Crippen molar-refractivity contribution in [2.24, 2.45) is 0 Å². The molecule has 1 aromatic rings. The smallest absolute Gasteiger partial charge is 0.124 e. The highest BCUT2D eigenvalue weighted by atomic mass is 35.5. The standard InChI is InChI=1S/C10H13ClFNO/c1-14-6-2-5-13-10-4-3-8(12)7-9(10)11/h3-4,7,13H,2,5-6H2,1H3. The van der Waals surface area contributed by atoms with E-state index in [0.717, 1.165) is 18.7 Å². The third kappa shape index (κ3) is 3.52. The van der Waals surface area contributed by atoms with Gasteiger partial charge in [-0.25, -0.2) is 4.39 Å². The Balaban J connectivity index is 2.42. The van der Waals surface area contributed by atoms with Gasteiger partial charge in [0.2, 0.25) is 0 Å². The van der Waals surface area contributed by atoms with Crippen LogP contribution in [0.3, 0.4) is 0 Å². The molecule has 0 bridgehead atoms. The van der Waals surface area contributed by atoms with Gasteiger partial charge in [0.15, 0.2) is 0 Å². The van der Waals surface area contributed by atoms with Crippen molar-refractivity contribution in [2.75, 3.05) is 25.6 Å². The Morgan fingerprint density at radius 1 is 1.50 bits per heavy atom. The summed E-state index contributed by atoms with van der Waals surface area (Å²) in [6.45, 7) is 1.46. The van der Waals surface area contributed by atoms with Crippen LogP contribution in [0, 0.1) is 5.82 Å². The second-order valence-corrected chi connectivity index (χ2v) is 3.30. The Morgan fingerprint density at radius 2 is 2.29 bits per heavy atom. The highest BCUT2D eigenvalue weighted by Gasteiger charge is 2.00. The molecule has 1 aromatic carbocycles. The molecule has 1 rings (SSSR count). The van der Waals surface area contributed by atoms with E-state index in [1.807, 2.05) is 0 Å². The molecular formula is C10H13ClFNO. The molecule has 0 radical (unpaired) electrons. The van der Waals surface area contributed by atoms with E-state index in [9.17, 15) is 4.39 Å². The van der Waals surface area contributed by atoms with Crippen LogP contribution in [0.1, 0.15) is 6.42 Å². The molecule has 0 atom stereocenters. The van der Waals surface area contributed by atoms with Gasteiger partial charge in [0.1, 0.15) is 5.82 Å². The van der Waals surface area contributed by atoms with Crippen molar-refractivity contribution in [3.05, 3.63) is 29.0 Å². The molecule has 0 unspecified atom stereocenters. The van der Waals surface area contributed by atoms with Gasteiger partial charge in [-0.15, -0.1) is 0 Å². The summed E-state index contributed by atoms with van der Waals surface area (Å²) in [6.07, 6.45) is 0.893. The summed E-state index contributed by atoms with van der Waals surface area (Å²) in [5, 5.41) is 3.50. The first-order valence-corrected chi connectivity index (χ1v) is 4.79. The second kappa shape index (κ2) is 5.83. The maximum atomic E-state index is 12.7. The zero-order chi connectivity index (χ0) is 10.4. The zero-order valence-electron chi connectivity index (χ0n) is 8.02. The average Bonchev–Trinajstić information content (AvgIpc) is 2.15. The fourth-order valence-corrected chi connectivity index (χ4v) is 1.31. The van der Waals surface area contributed by atoms with Gasteiger partial charge in [0.05, 0.1) is 10.7 Å². The molecule has 78 valence electrons. The molecule has 0 aliphatic heterocycles.